The molecule has 0 saturated heterocycles. The molecule has 2 rings (SSSR count). The van der Waals surface area contributed by atoms with Crippen LogP contribution >= 0.6 is 0 Å². The Labute approximate surface area is 56.2 Å². The van der Waals surface area contributed by atoms with Crippen molar-refractivity contribution in [2.75, 3.05) is 11.5 Å². The summed E-state index contributed by atoms with van der Waals surface area (Å²) in [5.74, 6) is 0. The third kappa shape index (κ3) is 0.439. The summed E-state index contributed by atoms with van der Waals surface area (Å²) in [5.41, 5.74) is 12.4. The van der Waals surface area contributed by atoms with Crippen LogP contribution in [0.25, 0.3) is 5.71 Å². The van der Waals surface area contributed by atoms with Crippen LogP contribution in [0.5, 0.6) is 0 Å². The molecule has 10 heavy (non-hydrogen) atoms. The van der Waals surface area contributed by atoms with Gasteiger partial charge < -0.3 is 16.0 Å². The van der Waals surface area contributed by atoms with Crippen LogP contribution in [-0.2, 0) is 0 Å². The van der Waals surface area contributed by atoms with Crippen LogP contribution in [0.3, 0.4) is 0 Å². The first-order valence-electron chi connectivity index (χ1n) is 2.75. The number of nitrogens with two attached hydrogens (primary N) is 2. The van der Waals surface area contributed by atoms with Crippen LogP contribution in [0.1, 0.15) is 0 Å². The zero-order valence-electron chi connectivity index (χ0n) is 5.11. The highest BCUT2D eigenvalue weighted by atomic mass is 16.5. The van der Waals surface area contributed by atoms with E-state index in [1.165, 1.54) is 6.33 Å². The maximum Gasteiger partial charge on any atom is 0.260 e. The van der Waals surface area contributed by atoms with Gasteiger partial charge in [-0.3, -0.25) is 4.40 Å². The van der Waals surface area contributed by atoms with Crippen LogP contribution in [0.2, 0.25) is 0 Å². The van der Waals surface area contributed by atoms with Gasteiger partial charge in [-0.25, -0.2) is 0 Å². The molecule has 0 aliphatic rings. The van der Waals surface area contributed by atoms with Gasteiger partial charge >= 0.3 is 0 Å². The number of hydrogen-bond donors (Lipinski definition) is 2. The van der Waals surface area contributed by atoms with Gasteiger partial charge in [-0.2, -0.15) is 0 Å². The van der Waals surface area contributed by atoms with E-state index in [1.54, 1.807) is 10.6 Å². The van der Waals surface area contributed by atoms with E-state index in [1.807, 2.05) is 0 Å². The summed E-state index contributed by atoms with van der Waals surface area (Å²) in [5, 5.41) is 3.52. The van der Waals surface area contributed by atoms with Crippen molar-refractivity contribution >= 4 is 17.1 Å². The molecule has 4 N–H and O–H groups in total. The predicted octanol–water partition coefficient (Wildman–Crippen LogP) is 0.0917. The van der Waals surface area contributed by atoms with Crippen molar-refractivity contribution in [2.45, 2.75) is 0 Å². The molecule has 2 heterocycles. The van der Waals surface area contributed by atoms with E-state index in [-0.39, 0.29) is 0 Å². The molecule has 0 unspecified atom stereocenters. The number of fused-ring (bicyclic) bond motifs is 1. The van der Waals surface area contributed by atoms with Gasteiger partial charge in [0.2, 0.25) is 0 Å². The third-order valence-electron chi connectivity index (χ3n) is 1.36. The molecule has 0 aliphatic carbocycles. The molecule has 52 valence electrons. The van der Waals surface area contributed by atoms with Crippen molar-refractivity contribution in [1.82, 2.24) is 9.56 Å². The second-order valence-electron chi connectivity index (χ2n) is 2.02. The molecule has 0 saturated carbocycles. The van der Waals surface area contributed by atoms with Gasteiger partial charge in [0.15, 0.2) is 0 Å². The largest absolute Gasteiger partial charge is 0.396 e. The molecule has 2 aromatic rings. The highest BCUT2D eigenvalue weighted by molar-refractivity contribution is 5.77. The lowest BCUT2D eigenvalue weighted by atomic mass is 10.5. The standard InChI is InChI=1S/C5H6N4O/c6-3-1-9-2-8-10-5(9)4(3)7/h1-2H,6-7H2. The van der Waals surface area contributed by atoms with Gasteiger partial charge in [0.1, 0.15) is 12.0 Å². The molecule has 0 aromatic carbocycles. The number of aromatic nitrogens is 2. The van der Waals surface area contributed by atoms with Crippen LogP contribution < -0.4 is 11.5 Å². The lowest BCUT2D eigenvalue weighted by Gasteiger charge is -1.83. The zero-order chi connectivity index (χ0) is 7.14. The van der Waals surface area contributed by atoms with Crippen LogP contribution in [0, 0.1) is 0 Å². The molecular weight excluding hydrogens is 132 g/mol. The summed E-state index contributed by atoms with van der Waals surface area (Å²) in [6.07, 6.45) is 3.16. The van der Waals surface area contributed by atoms with Crippen molar-refractivity contribution in [2.24, 2.45) is 0 Å². The van der Waals surface area contributed by atoms with Gasteiger partial charge in [-0.05, 0) is 0 Å². The smallest absolute Gasteiger partial charge is 0.260 e. The fourth-order valence-electron chi connectivity index (χ4n) is 0.847. The highest BCUT2D eigenvalue weighted by Gasteiger charge is 2.06. The van der Waals surface area contributed by atoms with Crippen LogP contribution in [0.4, 0.5) is 11.4 Å². The first-order valence-corrected chi connectivity index (χ1v) is 2.75. The summed E-state index contributed by atoms with van der Waals surface area (Å²) in [6.45, 7) is 0. The van der Waals surface area contributed by atoms with E-state index in [9.17, 15) is 0 Å². The predicted molar refractivity (Wildman–Crippen MR) is 36.3 cm³/mol. The van der Waals surface area contributed by atoms with Crippen molar-refractivity contribution in [1.29, 1.82) is 0 Å². The molecule has 0 radical (unpaired) electrons. The fourth-order valence-corrected chi connectivity index (χ4v) is 0.847. The maximum atomic E-state index is 5.50. The monoisotopic (exact) mass is 138 g/mol. The topological polar surface area (TPSA) is 82.5 Å². The van der Waals surface area contributed by atoms with Crippen molar-refractivity contribution in [3.63, 3.8) is 0 Å². The quantitative estimate of drug-likeness (QED) is 0.540. The number of nitrogens with zero attached hydrogens (tertiary/aromatic N) is 2. The Balaban J connectivity index is 2.95. The van der Waals surface area contributed by atoms with Gasteiger partial charge in [-0.15, -0.1) is 0 Å². The SMILES string of the molecule is Nc1cn2cnoc2c1N. The Morgan fingerprint density at radius 3 is 3.00 bits per heavy atom. The van der Waals surface area contributed by atoms with E-state index in [0.29, 0.717) is 17.1 Å². The van der Waals surface area contributed by atoms with E-state index in [0.717, 1.165) is 0 Å². The van der Waals surface area contributed by atoms with Gasteiger partial charge in [0.25, 0.3) is 5.71 Å². The molecule has 0 atom stereocenters. The van der Waals surface area contributed by atoms with Crippen molar-refractivity contribution < 1.29 is 4.52 Å². The first kappa shape index (κ1) is 5.16. The number of nitrogen functional groups attached to an aromatic ring is 2. The van der Waals surface area contributed by atoms with Crippen LogP contribution in [0.15, 0.2) is 17.0 Å². The number of anilines is 2. The van der Waals surface area contributed by atoms with Crippen molar-refractivity contribution in [3.8, 4) is 0 Å². The molecule has 5 heteroatoms. The minimum atomic E-state index is 0.442. The molecule has 0 bridgehead atoms. The average molecular weight is 138 g/mol. The van der Waals surface area contributed by atoms with E-state index in [4.69, 9.17) is 16.0 Å². The first-order chi connectivity index (χ1) is 4.79. The molecular formula is C5H6N4O. The average Bonchev–Trinajstić information content (AvgIpc) is 2.41. The Morgan fingerprint density at radius 2 is 2.30 bits per heavy atom. The summed E-state index contributed by atoms with van der Waals surface area (Å²) >= 11 is 0. The van der Waals surface area contributed by atoms with Gasteiger partial charge in [0, 0.05) is 6.20 Å². The summed E-state index contributed by atoms with van der Waals surface area (Å²) in [6, 6.07) is 0. The van der Waals surface area contributed by atoms with E-state index < -0.39 is 0 Å². The number of hydrogen-bond acceptors (Lipinski definition) is 4. The van der Waals surface area contributed by atoms with Gasteiger partial charge in [0.05, 0.1) is 5.69 Å². The third-order valence-corrected chi connectivity index (χ3v) is 1.36. The molecule has 2 aromatic heterocycles. The zero-order valence-corrected chi connectivity index (χ0v) is 5.11. The molecule has 0 spiro atoms. The maximum absolute atomic E-state index is 5.50. The summed E-state index contributed by atoms with van der Waals surface area (Å²) in [7, 11) is 0. The Morgan fingerprint density at radius 1 is 1.50 bits per heavy atom. The fraction of sp³-hybridized carbons (Fsp3) is 0. The Bertz CT molecular complexity index is 360. The molecule has 0 amide bonds. The van der Waals surface area contributed by atoms with Crippen molar-refractivity contribution in [3.05, 3.63) is 12.5 Å². The van der Waals surface area contributed by atoms with E-state index >= 15 is 0 Å². The Kier molecular flexibility index (Phi) is 0.743. The normalized spacial score (nSPS) is 10.8. The molecule has 0 fully saturated rings. The summed E-state index contributed by atoms with van der Waals surface area (Å²) in [4.78, 5) is 0. The minimum Gasteiger partial charge on any atom is -0.396 e. The second-order valence-corrected chi connectivity index (χ2v) is 2.02. The van der Waals surface area contributed by atoms with Crippen LogP contribution in [-0.4, -0.2) is 9.56 Å². The lowest BCUT2D eigenvalue weighted by molar-refractivity contribution is 0.456. The summed E-state index contributed by atoms with van der Waals surface area (Å²) < 4.78 is 6.41. The number of rotatable bonds is 0. The molecule has 0 aliphatic heterocycles. The minimum absolute atomic E-state index is 0.442. The Hall–Kier alpha value is -1.65. The molecule has 5 nitrogen and oxygen atoms in total. The van der Waals surface area contributed by atoms with E-state index in [2.05, 4.69) is 5.16 Å². The lowest BCUT2D eigenvalue weighted by Crippen LogP contribution is -1.88. The van der Waals surface area contributed by atoms with Gasteiger partial charge in [-0.1, -0.05) is 5.16 Å². The highest BCUT2D eigenvalue weighted by Crippen LogP contribution is 2.21. The second kappa shape index (κ2) is 1.44.